The summed E-state index contributed by atoms with van der Waals surface area (Å²) in [6.45, 7) is 0. The van der Waals surface area contributed by atoms with Gasteiger partial charge in [-0.2, -0.15) is 0 Å². The molecule has 2 N–H and O–H groups in total. The zero-order valence-corrected chi connectivity index (χ0v) is 19.7. The Morgan fingerprint density at radius 2 is 1.97 bits per heavy atom. The molecule has 3 aromatic rings. The molecule has 2 aromatic carbocycles. The monoisotopic (exact) mass is 486 g/mol. The summed E-state index contributed by atoms with van der Waals surface area (Å²) in [7, 11) is 0. The van der Waals surface area contributed by atoms with Crippen LogP contribution in [-0.4, -0.2) is 21.6 Å². The van der Waals surface area contributed by atoms with Gasteiger partial charge in [0, 0.05) is 22.7 Å². The minimum Gasteiger partial charge on any atom is -0.488 e. The molecule has 5 rings (SSSR count). The molecule has 0 spiro atoms. The molecule has 32 heavy (non-hydrogen) atoms. The van der Waals surface area contributed by atoms with E-state index in [9.17, 15) is 9.90 Å². The summed E-state index contributed by atoms with van der Waals surface area (Å²) in [5.41, 5.74) is 3.22. The summed E-state index contributed by atoms with van der Waals surface area (Å²) < 4.78 is 14.0. The van der Waals surface area contributed by atoms with Crippen molar-refractivity contribution in [1.29, 1.82) is 0 Å². The van der Waals surface area contributed by atoms with Gasteiger partial charge in [0.1, 0.15) is 5.75 Å². The number of ether oxygens (including phenoxy) is 1. The Bertz CT molecular complexity index is 1130. The largest absolute Gasteiger partial charge is 0.488 e. The number of aromatic carboxylic acids is 1. The fourth-order valence-corrected chi connectivity index (χ4v) is 5.91. The van der Waals surface area contributed by atoms with Gasteiger partial charge < -0.3 is 14.6 Å². The van der Waals surface area contributed by atoms with Crippen LogP contribution in [0.2, 0.25) is 5.02 Å². The van der Waals surface area contributed by atoms with Crippen molar-refractivity contribution in [1.82, 2.24) is 4.37 Å². The minimum atomic E-state index is -0.918. The van der Waals surface area contributed by atoms with E-state index in [1.165, 1.54) is 41.9 Å². The average molecular weight is 487 g/mol. The number of carboxylic acids is 1. The molecular weight excluding hydrogens is 464 g/mol. The smallest absolute Gasteiger partial charge is 0.335 e. The van der Waals surface area contributed by atoms with Gasteiger partial charge in [0.15, 0.2) is 0 Å². The van der Waals surface area contributed by atoms with Gasteiger partial charge in [0.05, 0.1) is 27.3 Å². The Morgan fingerprint density at radius 3 is 2.66 bits per heavy atom. The number of carbonyl (C=O) groups is 1. The lowest BCUT2D eigenvalue weighted by molar-refractivity contribution is 0.0696. The molecule has 166 valence electrons. The molecule has 0 amide bonds. The van der Waals surface area contributed by atoms with Crippen LogP contribution in [0.15, 0.2) is 47.5 Å². The lowest BCUT2D eigenvalue weighted by Gasteiger charge is -2.19. The van der Waals surface area contributed by atoms with Gasteiger partial charge in [0.25, 0.3) is 0 Å². The average Bonchev–Trinajstić information content (AvgIpc) is 3.23. The van der Waals surface area contributed by atoms with Gasteiger partial charge in [-0.05, 0) is 97.8 Å². The zero-order chi connectivity index (χ0) is 22.1. The number of benzene rings is 2. The molecule has 2 saturated carbocycles. The predicted molar refractivity (Wildman–Crippen MR) is 130 cm³/mol. The molecule has 1 heterocycles. The number of hydrogen-bond donors (Lipinski definition) is 2. The Kier molecular flexibility index (Phi) is 6.31. The third kappa shape index (κ3) is 4.75. The number of hydrogen-bond acceptors (Lipinski definition) is 6. The number of nitrogens with zero attached hydrogens (tertiary/aromatic N) is 1. The van der Waals surface area contributed by atoms with E-state index in [4.69, 9.17) is 16.3 Å². The number of nitrogens with one attached hydrogen (secondary N) is 1. The highest BCUT2D eigenvalue weighted by atomic mass is 35.5. The lowest BCUT2D eigenvalue weighted by Crippen LogP contribution is -2.12. The quantitative estimate of drug-likeness (QED) is 0.321. The topological polar surface area (TPSA) is 71.5 Å². The zero-order valence-electron chi connectivity index (χ0n) is 17.3. The van der Waals surface area contributed by atoms with Crippen LogP contribution in [-0.2, 0) is 0 Å². The van der Waals surface area contributed by atoms with Gasteiger partial charge in [-0.25, -0.2) is 9.17 Å². The predicted octanol–water partition coefficient (Wildman–Crippen LogP) is 7.48. The van der Waals surface area contributed by atoms with Crippen LogP contribution in [0, 0.1) is 0 Å². The van der Waals surface area contributed by atoms with Crippen LogP contribution in [0.4, 0.5) is 5.69 Å². The lowest BCUT2D eigenvalue weighted by atomic mass is 10.1. The van der Waals surface area contributed by atoms with Crippen molar-refractivity contribution >= 4 is 46.7 Å². The Morgan fingerprint density at radius 1 is 1.16 bits per heavy atom. The summed E-state index contributed by atoms with van der Waals surface area (Å²) in [6, 6.07) is 11.2. The second-order valence-corrected chi connectivity index (χ2v) is 10.4. The van der Waals surface area contributed by atoms with Crippen LogP contribution < -0.4 is 9.46 Å². The summed E-state index contributed by atoms with van der Waals surface area (Å²) in [4.78, 5) is 13.4. The van der Waals surface area contributed by atoms with Crippen LogP contribution in [0.5, 0.6) is 5.75 Å². The molecule has 0 saturated heterocycles. The van der Waals surface area contributed by atoms with Crippen LogP contribution >= 0.6 is 35.1 Å². The standard InChI is InChI=1S/C24H23ClN2O3S2/c25-19-13-21(30-16-3-1-2-4-16)20(12-18(19)22-9-10-26-31-22)27-32-23-11-15(24(28)29)7-8-17(23)14-5-6-14/h7-14,16,27H,1-6H2,(H,28,29). The van der Waals surface area contributed by atoms with Crippen molar-refractivity contribution < 1.29 is 14.6 Å². The van der Waals surface area contributed by atoms with Gasteiger partial charge in [-0.1, -0.05) is 17.7 Å². The van der Waals surface area contributed by atoms with Crippen LogP contribution in [0.25, 0.3) is 10.4 Å². The van der Waals surface area contributed by atoms with E-state index < -0.39 is 5.97 Å². The van der Waals surface area contributed by atoms with Gasteiger partial charge >= 0.3 is 5.97 Å². The Labute approximate surface area is 200 Å². The number of rotatable bonds is 8. The van der Waals surface area contributed by atoms with Crippen molar-refractivity contribution in [2.45, 2.75) is 55.4 Å². The van der Waals surface area contributed by atoms with Crippen LogP contribution in [0.3, 0.4) is 0 Å². The summed E-state index contributed by atoms with van der Waals surface area (Å²) >= 11 is 9.46. The van der Waals surface area contributed by atoms with E-state index in [1.54, 1.807) is 18.3 Å². The van der Waals surface area contributed by atoms with E-state index in [0.29, 0.717) is 16.5 Å². The molecule has 2 fully saturated rings. The highest BCUT2D eigenvalue weighted by Crippen LogP contribution is 2.46. The van der Waals surface area contributed by atoms with Crippen molar-refractivity contribution in [2.24, 2.45) is 0 Å². The second-order valence-electron chi connectivity index (χ2n) is 8.27. The maximum atomic E-state index is 11.5. The summed E-state index contributed by atoms with van der Waals surface area (Å²) in [5.74, 6) is 0.317. The molecule has 0 atom stereocenters. The molecule has 1 aromatic heterocycles. The van der Waals surface area contributed by atoms with Crippen molar-refractivity contribution in [3.05, 3.63) is 58.7 Å². The molecule has 0 unspecified atom stereocenters. The normalized spacial score (nSPS) is 16.3. The van der Waals surface area contributed by atoms with E-state index in [1.807, 2.05) is 24.3 Å². The fourth-order valence-electron chi connectivity index (χ4n) is 4.06. The minimum absolute atomic E-state index is 0.197. The second kappa shape index (κ2) is 9.33. The third-order valence-electron chi connectivity index (χ3n) is 5.92. The number of carboxylic acid groups (broad SMARTS) is 1. The Hall–Kier alpha value is -2.22. The molecule has 5 nitrogen and oxygen atoms in total. The third-order valence-corrected chi connectivity index (χ3v) is 7.90. The molecule has 2 aliphatic rings. The maximum absolute atomic E-state index is 11.5. The highest BCUT2D eigenvalue weighted by molar-refractivity contribution is 8.00. The van der Waals surface area contributed by atoms with Crippen molar-refractivity contribution in [3.63, 3.8) is 0 Å². The fraction of sp³-hybridized carbons (Fsp3) is 0.333. The van der Waals surface area contributed by atoms with Crippen LogP contribution in [0.1, 0.15) is 60.4 Å². The van der Waals surface area contributed by atoms with Gasteiger partial charge in [-0.3, -0.25) is 0 Å². The van der Waals surface area contributed by atoms with Crippen molar-refractivity contribution in [3.8, 4) is 16.2 Å². The summed E-state index contributed by atoms with van der Waals surface area (Å²) in [6.07, 6.45) is 8.71. The first-order valence-electron chi connectivity index (χ1n) is 10.8. The van der Waals surface area contributed by atoms with E-state index in [0.717, 1.165) is 52.5 Å². The summed E-state index contributed by atoms with van der Waals surface area (Å²) in [5, 5.41) is 10.1. The SMILES string of the molecule is O=C(O)c1ccc(C2CC2)c(SNc2cc(-c3ccns3)c(Cl)cc2OC2CCCC2)c1. The maximum Gasteiger partial charge on any atom is 0.335 e. The first-order chi connectivity index (χ1) is 15.6. The number of halogens is 1. The Balaban J connectivity index is 1.47. The molecule has 8 heteroatoms. The molecule has 0 aliphatic heterocycles. The molecule has 0 bridgehead atoms. The molecule has 0 radical (unpaired) electrons. The van der Waals surface area contributed by atoms with E-state index in [-0.39, 0.29) is 6.10 Å². The van der Waals surface area contributed by atoms with E-state index in [2.05, 4.69) is 9.10 Å². The highest BCUT2D eigenvalue weighted by Gasteiger charge is 2.27. The molecule has 2 aliphatic carbocycles. The van der Waals surface area contributed by atoms with Gasteiger partial charge in [0.2, 0.25) is 0 Å². The van der Waals surface area contributed by atoms with E-state index >= 15 is 0 Å². The van der Waals surface area contributed by atoms with Crippen molar-refractivity contribution in [2.75, 3.05) is 4.72 Å². The number of aromatic nitrogens is 1. The first-order valence-corrected chi connectivity index (χ1v) is 12.8. The molecular formula is C24H23ClN2O3S2. The van der Waals surface area contributed by atoms with Gasteiger partial charge in [-0.15, -0.1) is 0 Å². The first kappa shape index (κ1) is 21.6. The number of anilines is 1.